The van der Waals surface area contributed by atoms with Crippen LogP contribution in [0.5, 0.6) is 5.75 Å². The Morgan fingerprint density at radius 1 is 1.11 bits per heavy atom. The van der Waals surface area contributed by atoms with Crippen molar-refractivity contribution >= 4 is 34.3 Å². The van der Waals surface area contributed by atoms with Crippen molar-refractivity contribution in [3.8, 4) is 5.75 Å². The third-order valence-electron chi connectivity index (χ3n) is 4.79. The largest absolute Gasteiger partial charge is 0.497 e. The molecule has 6 nitrogen and oxygen atoms in total. The molecule has 0 fully saturated rings. The number of carbonyl (C=O) groups excluding carboxylic acids is 2. The minimum absolute atomic E-state index is 0.0980. The zero-order valence-electron chi connectivity index (χ0n) is 16.2. The number of carbonyl (C=O) groups is 2. The van der Waals surface area contributed by atoms with Crippen molar-refractivity contribution in [2.45, 2.75) is 13.3 Å². The number of hydrogen-bond donors (Lipinski definition) is 0. The highest BCUT2D eigenvalue weighted by atomic mass is 35.5. The highest BCUT2D eigenvalue weighted by molar-refractivity contribution is 6.30. The molecule has 0 saturated carbocycles. The first-order chi connectivity index (χ1) is 13.4. The summed E-state index contributed by atoms with van der Waals surface area (Å²) >= 11 is 5.94. The molecular formula is C21H21ClN2O4. The van der Waals surface area contributed by atoms with Crippen molar-refractivity contribution in [1.29, 1.82) is 0 Å². The standard InChI is InChI=1S/C21H21ClN2O4/c1-13-17(12-20(25)23(2)28-4)18-11-16(27-3)9-10-19(18)24(13)21(26)14-5-7-15(22)8-6-14/h5-11H,12H2,1-4H3. The average molecular weight is 401 g/mol. The van der Waals surface area contributed by atoms with Gasteiger partial charge in [-0.2, -0.15) is 0 Å². The van der Waals surface area contributed by atoms with Crippen LogP contribution in [0.4, 0.5) is 0 Å². The molecule has 0 aliphatic rings. The Labute approximate surface area is 168 Å². The summed E-state index contributed by atoms with van der Waals surface area (Å²) in [7, 11) is 4.56. The van der Waals surface area contributed by atoms with Gasteiger partial charge < -0.3 is 4.74 Å². The number of halogens is 1. The maximum atomic E-state index is 13.2. The number of benzene rings is 2. The molecule has 0 bridgehead atoms. The molecule has 2 aromatic carbocycles. The third-order valence-corrected chi connectivity index (χ3v) is 5.04. The van der Waals surface area contributed by atoms with Crippen molar-refractivity contribution in [3.63, 3.8) is 0 Å². The molecule has 0 saturated heterocycles. The zero-order chi connectivity index (χ0) is 20.4. The first kappa shape index (κ1) is 19.9. The minimum Gasteiger partial charge on any atom is -0.497 e. The Hall–Kier alpha value is -2.83. The molecule has 7 heteroatoms. The molecule has 0 atom stereocenters. The van der Waals surface area contributed by atoms with E-state index >= 15 is 0 Å². The van der Waals surface area contributed by atoms with Crippen molar-refractivity contribution < 1.29 is 19.2 Å². The fourth-order valence-corrected chi connectivity index (χ4v) is 3.29. The summed E-state index contributed by atoms with van der Waals surface area (Å²) in [6.07, 6.45) is 0.0980. The van der Waals surface area contributed by atoms with Gasteiger partial charge in [-0.3, -0.25) is 19.0 Å². The number of amides is 1. The van der Waals surface area contributed by atoms with Gasteiger partial charge in [-0.1, -0.05) is 11.6 Å². The number of methoxy groups -OCH3 is 1. The van der Waals surface area contributed by atoms with E-state index < -0.39 is 0 Å². The van der Waals surface area contributed by atoms with Crippen LogP contribution in [-0.4, -0.2) is 42.7 Å². The van der Waals surface area contributed by atoms with Crippen LogP contribution in [0.2, 0.25) is 5.02 Å². The molecule has 0 aliphatic carbocycles. The smallest absolute Gasteiger partial charge is 0.262 e. The number of fused-ring (bicyclic) bond motifs is 1. The molecule has 0 radical (unpaired) electrons. The number of rotatable bonds is 5. The fourth-order valence-electron chi connectivity index (χ4n) is 3.16. The van der Waals surface area contributed by atoms with E-state index in [0.29, 0.717) is 27.5 Å². The summed E-state index contributed by atoms with van der Waals surface area (Å²) in [5.41, 5.74) is 2.67. The molecule has 0 N–H and O–H groups in total. The first-order valence-corrected chi connectivity index (χ1v) is 9.04. The molecule has 28 heavy (non-hydrogen) atoms. The van der Waals surface area contributed by atoms with Crippen molar-refractivity contribution in [2.24, 2.45) is 0 Å². The maximum Gasteiger partial charge on any atom is 0.262 e. The lowest BCUT2D eigenvalue weighted by Gasteiger charge is -2.13. The van der Waals surface area contributed by atoms with Gasteiger partial charge in [0.1, 0.15) is 5.75 Å². The number of aromatic nitrogens is 1. The van der Waals surface area contributed by atoms with Crippen LogP contribution in [0.25, 0.3) is 10.9 Å². The van der Waals surface area contributed by atoms with Crippen LogP contribution in [-0.2, 0) is 16.1 Å². The van der Waals surface area contributed by atoms with Crippen LogP contribution in [0.15, 0.2) is 42.5 Å². The van der Waals surface area contributed by atoms with Crippen molar-refractivity contribution in [3.05, 3.63) is 64.3 Å². The molecule has 1 amide bonds. The molecule has 1 aromatic heterocycles. The maximum absolute atomic E-state index is 13.2. The van der Waals surface area contributed by atoms with Gasteiger partial charge in [-0.25, -0.2) is 5.06 Å². The lowest BCUT2D eigenvalue weighted by molar-refractivity contribution is -0.167. The topological polar surface area (TPSA) is 60.8 Å². The fraction of sp³-hybridized carbons (Fsp3) is 0.238. The lowest BCUT2D eigenvalue weighted by Crippen LogP contribution is -2.27. The summed E-state index contributed by atoms with van der Waals surface area (Å²) in [6.45, 7) is 1.83. The van der Waals surface area contributed by atoms with Gasteiger partial charge >= 0.3 is 0 Å². The van der Waals surface area contributed by atoms with Crippen LogP contribution < -0.4 is 4.74 Å². The van der Waals surface area contributed by atoms with E-state index in [1.165, 1.54) is 12.2 Å². The number of ether oxygens (including phenoxy) is 1. The molecule has 3 aromatic rings. The Morgan fingerprint density at radius 2 is 1.79 bits per heavy atom. The minimum atomic E-state index is -0.216. The van der Waals surface area contributed by atoms with Gasteiger partial charge in [0.15, 0.2) is 0 Å². The molecule has 0 spiro atoms. The van der Waals surface area contributed by atoms with Crippen molar-refractivity contribution in [1.82, 2.24) is 9.63 Å². The van der Waals surface area contributed by atoms with E-state index in [0.717, 1.165) is 10.9 Å². The first-order valence-electron chi connectivity index (χ1n) is 8.66. The van der Waals surface area contributed by atoms with Gasteiger partial charge in [0.2, 0.25) is 5.91 Å². The number of hydroxylamine groups is 2. The predicted molar refractivity (Wildman–Crippen MR) is 108 cm³/mol. The molecule has 3 rings (SSSR count). The summed E-state index contributed by atoms with van der Waals surface area (Å²) in [5.74, 6) is 0.243. The molecular weight excluding hydrogens is 380 g/mol. The highest BCUT2D eigenvalue weighted by Gasteiger charge is 2.23. The Bertz CT molecular complexity index is 1040. The van der Waals surface area contributed by atoms with E-state index in [1.807, 2.05) is 19.1 Å². The Balaban J connectivity index is 2.17. The van der Waals surface area contributed by atoms with Crippen LogP contribution in [0.1, 0.15) is 21.6 Å². The van der Waals surface area contributed by atoms with Crippen LogP contribution in [0.3, 0.4) is 0 Å². The van der Waals surface area contributed by atoms with Crippen molar-refractivity contribution in [2.75, 3.05) is 21.3 Å². The second kappa shape index (κ2) is 8.04. The molecule has 0 unspecified atom stereocenters. The van der Waals surface area contributed by atoms with E-state index in [4.69, 9.17) is 21.2 Å². The SMILES string of the molecule is COc1ccc2c(c1)c(CC(=O)N(C)OC)c(C)n2C(=O)c1ccc(Cl)cc1. The van der Waals surface area contributed by atoms with E-state index in [-0.39, 0.29) is 18.2 Å². The Morgan fingerprint density at radius 3 is 2.39 bits per heavy atom. The van der Waals surface area contributed by atoms with E-state index in [9.17, 15) is 9.59 Å². The summed E-state index contributed by atoms with van der Waals surface area (Å²) in [6, 6.07) is 12.2. The summed E-state index contributed by atoms with van der Waals surface area (Å²) in [4.78, 5) is 30.6. The molecule has 0 aliphatic heterocycles. The quantitative estimate of drug-likeness (QED) is 0.610. The van der Waals surface area contributed by atoms with Gasteiger partial charge in [-0.05, 0) is 55.0 Å². The molecule has 146 valence electrons. The highest BCUT2D eigenvalue weighted by Crippen LogP contribution is 2.31. The predicted octanol–water partition coefficient (Wildman–Crippen LogP) is 3.86. The second-order valence-corrected chi connectivity index (χ2v) is 6.78. The normalized spacial score (nSPS) is 10.9. The zero-order valence-corrected chi connectivity index (χ0v) is 16.9. The van der Waals surface area contributed by atoms with Gasteiger partial charge in [0.05, 0.1) is 26.2 Å². The van der Waals surface area contributed by atoms with Crippen LogP contribution in [0, 0.1) is 6.92 Å². The number of nitrogens with zero attached hydrogens (tertiary/aromatic N) is 2. The van der Waals surface area contributed by atoms with Gasteiger partial charge in [0, 0.05) is 28.7 Å². The van der Waals surface area contributed by atoms with E-state index in [1.54, 1.807) is 49.1 Å². The van der Waals surface area contributed by atoms with Gasteiger partial charge in [0.25, 0.3) is 5.91 Å². The lowest BCUT2D eigenvalue weighted by atomic mass is 10.1. The van der Waals surface area contributed by atoms with Gasteiger partial charge in [-0.15, -0.1) is 0 Å². The Kier molecular flexibility index (Phi) is 5.72. The van der Waals surface area contributed by atoms with Crippen LogP contribution >= 0.6 is 11.6 Å². The second-order valence-electron chi connectivity index (χ2n) is 6.35. The summed E-state index contributed by atoms with van der Waals surface area (Å²) < 4.78 is 6.95. The third kappa shape index (κ3) is 3.61. The number of hydrogen-bond acceptors (Lipinski definition) is 4. The monoisotopic (exact) mass is 400 g/mol. The van der Waals surface area contributed by atoms with E-state index in [2.05, 4.69) is 0 Å². The number of likely N-dealkylation sites (N-methyl/N-ethyl adjacent to an activating group) is 1. The summed E-state index contributed by atoms with van der Waals surface area (Å²) in [5, 5.41) is 2.52. The molecule has 1 heterocycles. The average Bonchev–Trinajstić information content (AvgIpc) is 2.98.